The summed E-state index contributed by atoms with van der Waals surface area (Å²) < 4.78 is 5.65. The molecule has 3 nitrogen and oxygen atoms in total. The Bertz CT molecular complexity index is 468. The summed E-state index contributed by atoms with van der Waals surface area (Å²) in [5, 5.41) is 3.17. The molecule has 0 bridgehead atoms. The number of hydrogen-bond acceptors (Lipinski definition) is 3. The summed E-state index contributed by atoms with van der Waals surface area (Å²) in [6.07, 6.45) is 1.86. The van der Waals surface area contributed by atoms with Crippen LogP contribution in [0.25, 0.3) is 0 Å². The van der Waals surface area contributed by atoms with Gasteiger partial charge in [-0.15, -0.1) is 0 Å². The van der Waals surface area contributed by atoms with Crippen molar-refractivity contribution in [3.63, 3.8) is 0 Å². The Kier molecular flexibility index (Phi) is 3.57. The van der Waals surface area contributed by atoms with E-state index >= 15 is 0 Å². The fraction of sp³-hybridized carbons (Fsp3) is 0.357. The summed E-state index contributed by atoms with van der Waals surface area (Å²) in [7, 11) is 2.02. The third-order valence-electron chi connectivity index (χ3n) is 3.11. The van der Waals surface area contributed by atoms with Crippen molar-refractivity contribution < 1.29 is 4.74 Å². The van der Waals surface area contributed by atoms with E-state index in [-0.39, 0.29) is 5.54 Å². The zero-order valence-electron chi connectivity index (χ0n) is 10.9. The molecule has 0 aliphatic carbocycles. The molecule has 0 unspecified atom stereocenters. The van der Waals surface area contributed by atoms with Crippen molar-refractivity contribution in [1.29, 1.82) is 0 Å². The molecule has 18 heavy (non-hydrogen) atoms. The summed E-state index contributed by atoms with van der Waals surface area (Å²) in [6, 6.07) is 9.88. The van der Waals surface area contributed by atoms with Crippen LogP contribution >= 0.6 is 12.2 Å². The average molecular weight is 262 g/mol. The van der Waals surface area contributed by atoms with Crippen LogP contribution in [0.3, 0.4) is 0 Å². The topological polar surface area (TPSA) is 24.5 Å². The highest BCUT2D eigenvalue weighted by molar-refractivity contribution is 7.81. The molecular formula is C14H18N2OS. The number of nitrogens with one attached hydrogen (secondary N) is 1. The number of thiocarbonyl (C=S) groups is 1. The Labute approximate surface area is 113 Å². The molecule has 4 heteroatoms. The smallest absolute Gasteiger partial charge is 0.192 e. The molecule has 1 aliphatic heterocycles. The molecule has 1 aliphatic rings. The Morgan fingerprint density at radius 3 is 2.61 bits per heavy atom. The van der Waals surface area contributed by atoms with E-state index in [1.165, 1.54) is 0 Å². The summed E-state index contributed by atoms with van der Waals surface area (Å²) in [6.45, 7) is 4.96. The van der Waals surface area contributed by atoms with Gasteiger partial charge in [-0.1, -0.05) is 30.4 Å². The lowest BCUT2D eigenvalue weighted by Crippen LogP contribution is -2.36. The fourth-order valence-corrected chi connectivity index (χ4v) is 1.91. The lowest BCUT2D eigenvalue weighted by Gasteiger charge is -2.25. The second kappa shape index (κ2) is 4.98. The van der Waals surface area contributed by atoms with Crippen molar-refractivity contribution >= 4 is 22.9 Å². The summed E-state index contributed by atoms with van der Waals surface area (Å²) in [5.74, 6) is 0.813. The number of rotatable bonds is 2. The van der Waals surface area contributed by atoms with Crippen LogP contribution in [0.15, 0.2) is 42.3 Å². The van der Waals surface area contributed by atoms with Gasteiger partial charge in [-0.05, 0) is 26.0 Å². The highest BCUT2D eigenvalue weighted by Crippen LogP contribution is 2.27. The van der Waals surface area contributed by atoms with Gasteiger partial charge in [0, 0.05) is 18.8 Å². The van der Waals surface area contributed by atoms with Crippen LogP contribution in [0.4, 0.5) is 5.69 Å². The molecule has 0 aromatic heterocycles. The van der Waals surface area contributed by atoms with E-state index in [0.717, 1.165) is 11.6 Å². The van der Waals surface area contributed by atoms with Gasteiger partial charge in [0.1, 0.15) is 11.6 Å². The predicted molar refractivity (Wildman–Crippen MR) is 78.5 cm³/mol. The van der Waals surface area contributed by atoms with Gasteiger partial charge in [0.05, 0.1) is 5.54 Å². The molecule has 0 saturated carbocycles. The average Bonchev–Trinajstić information content (AvgIpc) is 2.57. The largest absolute Gasteiger partial charge is 0.476 e. The van der Waals surface area contributed by atoms with E-state index in [4.69, 9.17) is 17.0 Å². The number of ether oxygens (including phenoxy) is 1. The van der Waals surface area contributed by atoms with E-state index in [1.54, 1.807) is 0 Å². The van der Waals surface area contributed by atoms with Gasteiger partial charge in [-0.3, -0.25) is 0 Å². The minimum absolute atomic E-state index is 0.0220. The van der Waals surface area contributed by atoms with Gasteiger partial charge in [-0.2, -0.15) is 0 Å². The minimum Gasteiger partial charge on any atom is -0.476 e. The first-order valence-electron chi connectivity index (χ1n) is 5.93. The van der Waals surface area contributed by atoms with Crippen molar-refractivity contribution in [3.8, 4) is 0 Å². The van der Waals surface area contributed by atoms with E-state index in [2.05, 4.69) is 24.1 Å². The second-order valence-electron chi connectivity index (χ2n) is 5.00. The summed E-state index contributed by atoms with van der Waals surface area (Å²) in [5.41, 5.74) is 1.01. The third kappa shape index (κ3) is 2.82. The molecule has 2 rings (SSSR count). The normalized spacial score (nSPS) is 19.7. The van der Waals surface area contributed by atoms with Crippen LogP contribution in [-0.4, -0.2) is 29.1 Å². The van der Waals surface area contributed by atoms with Crippen molar-refractivity contribution in [2.75, 3.05) is 19.0 Å². The first-order valence-corrected chi connectivity index (χ1v) is 6.34. The lowest BCUT2D eigenvalue weighted by molar-refractivity contribution is 0.237. The van der Waals surface area contributed by atoms with Gasteiger partial charge in [-0.25, -0.2) is 0 Å². The zero-order valence-corrected chi connectivity index (χ0v) is 11.8. The number of nitrogens with zero attached hydrogens (tertiary/aromatic N) is 1. The van der Waals surface area contributed by atoms with Crippen molar-refractivity contribution in [2.45, 2.75) is 19.4 Å². The van der Waals surface area contributed by atoms with Crippen molar-refractivity contribution in [2.24, 2.45) is 0 Å². The van der Waals surface area contributed by atoms with Gasteiger partial charge in [0.25, 0.3) is 0 Å². The molecule has 1 aromatic rings. The Balaban J connectivity index is 2.04. The maximum atomic E-state index is 5.65. The van der Waals surface area contributed by atoms with Gasteiger partial charge in [0.2, 0.25) is 0 Å². The molecule has 1 aromatic carbocycles. The van der Waals surface area contributed by atoms with Crippen molar-refractivity contribution in [3.05, 3.63) is 42.3 Å². The number of hydrogen-bond donors (Lipinski definition) is 1. The van der Waals surface area contributed by atoms with Crippen LogP contribution in [0.5, 0.6) is 0 Å². The van der Waals surface area contributed by atoms with Gasteiger partial charge < -0.3 is 15.0 Å². The first kappa shape index (κ1) is 12.9. The van der Waals surface area contributed by atoms with Crippen LogP contribution < -0.4 is 5.32 Å². The summed E-state index contributed by atoms with van der Waals surface area (Å²) >= 11 is 5.31. The maximum absolute atomic E-state index is 5.65. The van der Waals surface area contributed by atoms with Crippen molar-refractivity contribution in [1.82, 2.24) is 4.90 Å². The quantitative estimate of drug-likeness (QED) is 0.654. The molecular weight excluding hydrogens is 244 g/mol. The molecule has 0 spiro atoms. The predicted octanol–water partition coefficient (Wildman–Crippen LogP) is 3.01. The molecule has 1 saturated heterocycles. The lowest BCUT2D eigenvalue weighted by atomic mass is 10.1. The molecule has 1 N–H and O–H groups in total. The highest BCUT2D eigenvalue weighted by Gasteiger charge is 2.33. The highest BCUT2D eigenvalue weighted by atomic mass is 32.1. The maximum Gasteiger partial charge on any atom is 0.192 e. The number of likely N-dealkylation sites (N-methyl/N-ethyl adjacent to an activating group) is 1. The SMILES string of the molecule is CN1/C(=C/C(=S)Nc2ccccc2)OCC1(C)C. The zero-order chi connectivity index (χ0) is 13.2. The third-order valence-corrected chi connectivity index (χ3v) is 3.33. The fourth-order valence-electron chi connectivity index (χ4n) is 1.69. The number of para-hydroxylation sites is 1. The number of anilines is 1. The van der Waals surface area contributed by atoms with E-state index < -0.39 is 0 Å². The molecule has 0 amide bonds. The monoisotopic (exact) mass is 262 g/mol. The molecule has 0 atom stereocenters. The molecule has 96 valence electrons. The van der Waals surface area contributed by atoms with Gasteiger partial charge >= 0.3 is 0 Å². The number of benzene rings is 1. The van der Waals surface area contributed by atoms with E-state index in [1.807, 2.05) is 43.5 Å². The minimum atomic E-state index is 0.0220. The standard InChI is InChI=1S/C14H18N2OS/c1-14(2)10-17-13(16(14)3)9-12(18)15-11-7-5-4-6-8-11/h4-9H,10H2,1-3H3,(H,15,18)/b13-9-. The summed E-state index contributed by atoms with van der Waals surface area (Å²) in [4.78, 5) is 2.76. The molecule has 1 heterocycles. The van der Waals surface area contributed by atoms with Crippen LogP contribution in [-0.2, 0) is 4.74 Å². The molecule has 1 fully saturated rings. The Morgan fingerprint density at radius 2 is 2.06 bits per heavy atom. The van der Waals surface area contributed by atoms with Crippen LogP contribution in [0, 0.1) is 0 Å². The van der Waals surface area contributed by atoms with E-state index in [0.29, 0.717) is 11.6 Å². The Morgan fingerprint density at radius 1 is 1.39 bits per heavy atom. The van der Waals surface area contributed by atoms with E-state index in [9.17, 15) is 0 Å². The van der Waals surface area contributed by atoms with Crippen LogP contribution in [0.1, 0.15) is 13.8 Å². The Hall–Kier alpha value is -1.55. The molecule has 0 radical (unpaired) electrons. The van der Waals surface area contributed by atoms with Crippen LogP contribution in [0.2, 0.25) is 0 Å². The first-order chi connectivity index (χ1) is 8.49. The van der Waals surface area contributed by atoms with Gasteiger partial charge in [0.15, 0.2) is 5.88 Å². The second-order valence-corrected chi connectivity index (χ2v) is 5.44.